The Bertz CT molecular complexity index is 463. The Kier molecular flexibility index (Phi) is 5.05. The zero-order chi connectivity index (χ0) is 14.6. The number of alkyl halides is 4. The fourth-order valence-electron chi connectivity index (χ4n) is 1.34. The molecule has 0 fully saturated rings. The molecule has 1 aromatic rings. The number of hydrogen-bond donors (Lipinski definition) is 1. The number of methoxy groups -OCH3 is 1. The maximum atomic E-state index is 12.8. The number of rotatable bonds is 4. The minimum Gasteiger partial charge on any atom is -0.496 e. The van der Waals surface area contributed by atoms with Crippen LogP contribution in [0.4, 0.5) is 18.9 Å². The van der Waals surface area contributed by atoms with Crippen molar-refractivity contribution in [1.82, 2.24) is 0 Å². The summed E-state index contributed by atoms with van der Waals surface area (Å²) >= 11 is 5.50. The van der Waals surface area contributed by atoms with Gasteiger partial charge in [0.2, 0.25) is 5.91 Å². The second-order valence-electron chi connectivity index (χ2n) is 3.96. The Morgan fingerprint density at radius 3 is 2.58 bits per heavy atom. The molecule has 1 atom stereocenters. The van der Waals surface area contributed by atoms with Gasteiger partial charge < -0.3 is 10.1 Å². The maximum Gasteiger partial charge on any atom is 0.420 e. The van der Waals surface area contributed by atoms with Crippen molar-refractivity contribution in [3.63, 3.8) is 0 Å². The van der Waals surface area contributed by atoms with Gasteiger partial charge in [0.15, 0.2) is 0 Å². The largest absolute Gasteiger partial charge is 0.496 e. The van der Waals surface area contributed by atoms with Crippen LogP contribution in [0.3, 0.4) is 0 Å². The van der Waals surface area contributed by atoms with E-state index >= 15 is 0 Å². The first-order valence-electron chi connectivity index (χ1n) is 5.41. The highest BCUT2D eigenvalue weighted by atomic mass is 35.5. The average molecular weight is 296 g/mol. The number of halogens is 4. The molecular formula is C12H13ClF3NO2. The van der Waals surface area contributed by atoms with E-state index in [9.17, 15) is 18.0 Å². The molecule has 1 rings (SSSR count). The first-order valence-corrected chi connectivity index (χ1v) is 5.95. The van der Waals surface area contributed by atoms with Crippen molar-refractivity contribution in [3.05, 3.63) is 23.8 Å². The van der Waals surface area contributed by atoms with E-state index in [0.29, 0.717) is 0 Å². The average Bonchev–Trinajstić information content (AvgIpc) is 2.36. The molecule has 1 N–H and O–H groups in total. The predicted molar refractivity (Wildman–Crippen MR) is 66.5 cm³/mol. The van der Waals surface area contributed by atoms with Crippen molar-refractivity contribution in [2.75, 3.05) is 18.3 Å². The molecule has 1 amide bonds. The van der Waals surface area contributed by atoms with Gasteiger partial charge >= 0.3 is 6.18 Å². The van der Waals surface area contributed by atoms with Crippen molar-refractivity contribution < 1.29 is 22.7 Å². The van der Waals surface area contributed by atoms with Gasteiger partial charge in [0.1, 0.15) is 5.75 Å². The number of carbonyl (C=O) groups is 1. The standard InChI is InChI=1S/C12H13ClF3NO2/c1-7(6-13)11(18)17-8-3-4-10(19-2)9(5-8)12(14,15)16/h3-5,7H,6H2,1-2H3,(H,17,18). The third-order valence-corrected chi connectivity index (χ3v) is 2.91. The van der Waals surface area contributed by atoms with Crippen LogP contribution in [0, 0.1) is 5.92 Å². The van der Waals surface area contributed by atoms with E-state index in [1.165, 1.54) is 6.07 Å². The zero-order valence-electron chi connectivity index (χ0n) is 10.3. The first-order chi connectivity index (χ1) is 8.79. The molecule has 0 saturated carbocycles. The number of anilines is 1. The van der Waals surface area contributed by atoms with Crippen LogP contribution in [0.15, 0.2) is 18.2 Å². The molecule has 0 aromatic heterocycles. The number of carbonyl (C=O) groups excluding carboxylic acids is 1. The van der Waals surface area contributed by atoms with Crippen LogP contribution in [-0.4, -0.2) is 18.9 Å². The molecule has 1 aromatic carbocycles. The molecule has 0 aliphatic carbocycles. The van der Waals surface area contributed by atoms with E-state index in [-0.39, 0.29) is 17.3 Å². The van der Waals surface area contributed by atoms with Crippen LogP contribution in [0.1, 0.15) is 12.5 Å². The fraction of sp³-hybridized carbons (Fsp3) is 0.417. The van der Waals surface area contributed by atoms with Crippen LogP contribution in [0.2, 0.25) is 0 Å². The molecule has 0 aliphatic rings. The fourth-order valence-corrected chi connectivity index (χ4v) is 1.48. The van der Waals surface area contributed by atoms with Crippen LogP contribution < -0.4 is 10.1 Å². The maximum absolute atomic E-state index is 12.8. The van der Waals surface area contributed by atoms with E-state index in [2.05, 4.69) is 10.1 Å². The molecule has 0 aliphatic heterocycles. The van der Waals surface area contributed by atoms with E-state index in [4.69, 9.17) is 11.6 Å². The van der Waals surface area contributed by atoms with Gasteiger partial charge in [-0.3, -0.25) is 4.79 Å². The Balaban J connectivity index is 3.02. The molecule has 19 heavy (non-hydrogen) atoms. The van der Waals surface area contributed by atoms with Crippen molar-refractivity contribution >= 4 is 23.2 Å². The van der Waals surface area contributed by atoms with E-state index in [0.717, 1.165) is 19.2 Å². The summed E-state index contributed by atoms with van der Waals surface area (Å²) in [6.07, 6.45) is -4.55. The van der Waals surface area contributed by atoms with Gasteiger partial charge in [0, 0.05) is 17.5 Å². The van der Waals surface area contributed by atoms with Gasteiger partial charge in [-0.25, -0.2) is 0 Å². The lowest BCUT2D eigenvalue weighted by molar-refractivity contribution is -0.138. The quantitative estimate of drug-likeness (QED) is 0.863. The second-order valence-corrected chi connectivity index (χ2v) is 4.27. The number of nitrogens with one attached hydrogen (secondary N) is 1. The summed E-state index contributed by atoms with van der Waals surface area (Å²) in [5, 5.41) is 2.38. The van der Waals surface area contributed by atoms with Gasteiger partial charge in [-0.1, -0.05) is 6.92 Å². The van der Waals surface area contributed by atoms with Gasteiger partial charge in [-0.15, -0.1) is 11.6 Å². The zero-order valence-corrected chi connectivity index (χ0v) is 11.1. The van der Waals surface area contributed by atoms with Gasteiger partial charge in [-0.2, -0.15) is 13.2 Å². The van der Waals surface area contributed by atoms with Crippen molar-refractivity contribution in [2.45, 2.75) is 13.1 Å². The van der Waals surface area contributed by atoms with E-state index in [1.807, 2.05) is 0 Å². The molecule has 0 heterocycles. The molecule has 0 bridgehead atoms. The molecule has 7 heteroatoms. The summed E-state index contributed by atoms with van der Waals surface area (Å²) in [4.78, 5) is 11.6. The predicted octanol–water partition coefficient (Wildman–Crippen LogP) is 3.53. The molecule has 3 nitrogen and oxygen atoms in total. The van der Waals surface area contributed by atoms with E-state index < -0.39 is 23.6 Å². The summed E-state index contributed by atoms with van der Waals surface area (Å²) in [6, 6.07) is 3.33. The van der Waals surface area contributed by atoms with Gasteiger partial charge in [-0.05, 0) is 18.2 Å². The minimum atomic E-state index is -4.55. The topological polar surface area (TPSA) is 38.3 Å². The lowest BCUT2D eigenvalue weighted by Gasteiger charge is -2.15. The third-order valence-electron chi connectivity index (χ3n) is 2.45. The summed E-state index contributed by atoms with van der Waals surface area (Å²) < 4.78 is 42.9. The van der Waals surface area contributed by atoms with Crippen LogP contribution >= 0.6 is 11.6 Å². The van der Waals surface area contributed by atoms with Crippen molar-refractivity contribution in [2.24, 2.45) is 5.92 Å². The van der Waals surface area contributed by atoms with Gasteiger partial charge in [0.05, 0.1) is 12.7 Å². The number of hydrogen-bond acceptors (Lipinski definition) is 2. The van der Waals surface area contributed by atoms with Crippen molar-refractivity contribution in [1.29, 1.82) is 0 Å². The highest BCUT2D eigenvalue weighted by Gasteiger charge is 2.34. The first kappa shape index (κ1) is 15.6. The van der Waals surface area contributed by atoms with Gasteiger partial charge in [0.25, 0.3) is 0 Å². The van der Waals surface area contributed by atoms with Crippen LogP contribution in [0.5, 0.6) is 5.75 Å². The highest BCUT2D eigenvalue weighted by molar-refractivity contribution is 6.19. The monoisotopic (exact) mass is 295 g/mol. The molecule has 0 spiro atoms. The second kappa shape index (κ2) is 6.14. The normalized spacial score (nSPS) is 12.9. The van der Waals surface area contributed by atoms with E-state index in [1.54, 1.807) is 6.92 Å². The summed E-state index contributed by atoms with van der Waals surface area (Å²) in [6.45, 7) is 1.58. The molecule has 0 radical (unpaired) electrons. The minimum absolute atomic E-state index is 0.0510. The molecule has 0 saturated heterocycles. The van der Waals surface area contributed by atoms with Crippen molar-refractivity contribution in [3.8, 4) is 5.75 Å². The van der Waals surface area contributed by atoms with Crippen LogP contribution in [-0.2, 0) is 11.0 Å². The lowest BCUT2D eigenvalue weighted by atomic mass is 10.1. The summed E-state index contributed by atoms with van der Waals surface area (Å²) in [7, 11) is 1.15. The molecule has 1 unspecified atom stereocenters. The molecule has 106 valence electrons. The number of ether oxygens (including phenoxy) is 1. The number of benzene rings is 1. The Morgan fingerprint density at radius 1 is 1.47 bits per heavy atom. The number of amides is 1. The highest BCUT2D eigenvalue weighted by Crippen LogP contribution is 2.37. The third kappa shape index (κ3) is 4.02. The Labute approximate surface area is 113 Å². The summed E-state index contributed by atoms with van der Waals surface area (Å²) in [5.41, 5.74) is -0.888. The Hall–Kier alpha value is -1.43. The SMILES string of the molecule is COc1ccc(NC(=O)C(C)CCl)cc1C(F)(F)F. The Morgan fingerprint density at radius 2 is 2.11 bits per heavy atom. The summed E-state index contributed by atoms with van der Waals surface area (Å²) in [5.74, 6) is -1.13. The lowest BCUT2D eigenvalue weighted by Crippen LogP contribution is -2.21. The molecular weight excluding hydrogens is 283 g/mol. The smallest absolute Gasteiger partial charge is 0.420 e. The van der Waals surface area contributed by atoms with Crippen LogP contribution in [0.25, 0.3) is 0 Å².